The number of carbonyl (C=O) groups is 2. The summed E-state index contributed by atoms with van der Waals surface area (Å²) in [5, 5.41) is 2.75. The second-order valence-corrected chi connectivity index (χ2v) is 5.09. The third kappa shape index (κ3) is 7.85. The first-order valence-corrected chi connectivity index (χ1v) is 7.44. The molecule has 0 aliphatic carbocycles. The van der Waals surface area contributed by atoms with Gasteiger partial charge >= 0.3 is 5.97 Å². The predicted molar refractivity (Wildman–Crippen MR) is 76.8 cm³/mol. The minimum atomic E-state index is -0.562. The lowest BCUT2D eigenvalue weighted by atomic mass is 9.94. The molecule has 1 N–H and O–H groups in total. The van der Waals surface area contributed by atoms with Gasteiger partial charge in [-0.1, -0.05) is 46.0 Å². The predicted octanol–water partition coefficient (Wildman–Crippen LogP) is 3.05. The first-order chi connectivity index (χ1) is 9.06. The molecule has 4 heteroatoms. The molecular weight excluding hydrogens is 242 g/mol. The first kappa shape index (κ1) is 17.9. The zero-order chi connectivity index (χ0) is 14.7. The molecule has 0 bridgehead atoms. The first-order valence-electron chi connectivity index (χ1n) is 7.44. The van der Waals surface area contributed by atoms with E-state index in [0.29, 0.717) is 0 Å². The van der Waals surface area contributed by atoms with Gasteiger partial charge in [0.1, 0.15) is 6.04 Å². The summed E-state index contributed by atoms with van der Waals surface area (Å²) in [5.41, 5.74) is 0. The number of amides is 1. The maximum absolute atomic E-state index is 12.2. The lowest BCUT2D eigenvalue weighted by molar-refractivity contribution is -0.145. The molecule has 2 unspecified atom stereocenters. The van der Waals surface area contributed by atoms with Gasteiger partial charge in [-0.3, -0.25) is 4.79 Å². The van der Waals surface area contributed by atoms with Crippen molar-refractivity contribution in [3.63, 3.8) is 0 Å². The van der Waals surface area contributed by atoms with Crippen molar-refractivity contribution in [3.8, 4) is 0 Å². The smallest absolute Gasteiger partial charge is 0.328 e. The molecule has 19 heavy (non-hydrogen) atoms. The zero-order valence-electron chi connectivity index (χ0n) is 12.8. The van der Waals surface area contributed by atoms with E-state index in [9.17, 15) is 9.59 Å². The summed E-state index contributed by atoms with van der Waals surface area (Å²) < 4.78 is 4.62. The van der Waals surface area contributed by atoms with Gasteiger partial charge in [0.25, 0.3) is 0 Å². The summed E-state index contributed by atoms with van der Waals surface area (Å²) in [5.74, 6) is -0.378. The van der Waals surface area contributed by atoms with Crippen molar-refractivity contribution >= 4 is 11.9 Å². The van der Waals surface area contributed by atoms with Gasteiger partial charge in [0.05, 0.1) is 7.11 Å². The summed E-state index contributed by atoms with van der Waals surface area (Å²) in [4.78, 5) is 23.5. The van der Waals surface area contributed by atoms with Crippen molar-refractivity contribution in [2.45, 2.75) is 71.8 Å². The minimum Gasteiger partial charge on any atom is -0.467 e. The summed E-state index contributed by atoms with van der Waals surface area (Å²) in [6.07, 6.45) is 7.34. The van der Waals surface area contributed by atoms with Crippen molar-refractivity contribution in [1.29, 1.82) is 0 Å². The number of unbranched alkanes of at least 4 members (excludes halogenated alkanes) is 3. The SMILES string of the molecule is CCCCCC(CCCC)C(=O)NC(C)C(=O)OC. The molecule has 0 aliphatic heterocycles. The van der Waals surface area contributed by atoms with Gasteiger partial charge < -0.3 is 10.1 Å². The van der Waals surface area contributed by atoms with E-state index in [1.54, 1.807) is 6.92 Å². The Bertz CT molecular complexity index is 266. The molecule has 0 aromatic carbocycles. The van der Waals surface area contributed by atoms with Crippen LogP contribution in [0.4, 0.5) is 0 Å². The van der Waals surface area contributed by atoms with Gasteiger partial charge in [-0.2, -0.15) is 0 Å². The van der Waals surface area contributed by atoms with E-state index in [1.165, 1.54) is 7.11 Å². The van der Waals surface area contributed by atoms with Crippen LogP contribution in [0.2, 0.25) is 0 Å². The van der Waals surface area contributed by atoms with Gasteiger partial charge in [-0.15, -0.1) is 0 Å². The highest BCUT2D eigenvalue weighted by Crippen LogP contribution is 2.17. The van der Waals surface area contributed by atoms with Crippen LogP contribution in [-0.2, 0) is 14.3 Å². The van der Waals surface area contributed by atoms with Gasteiger partial charge in [-0.05, 0) is 19.8 Å². The summed E-state index contributed by atoms with van der Waals surface area (Å²) in [6.45, 7) is 5.94. The van der Waals surface area contributed by atoms with Crippen LogP contribution in [0, 0.1) is 5.92 Å². The average Bonchev–Trinajstić information content (AvgIpc) is 2.41. The van der Waals surface area contributed by atoms with Crippen molar-refractivity contribution < 1.29 is 14.3 Å². The van der Waals surface area contributed by atoms with Crippen LogP contribution >= 0.6 is 0 Å². The highest BCUT2D eigenvalue weighted by molar-refractivity contribution is 5.85. The lowest BCUT2D eigenvalue weighted by Gasteiger charge is -2.19. The maximum Gasteiger partial charge on any atom is 0.328 e. The fraction of sp³-hybridized carbons (Fsp3) is 0.867. The Hall–Kier alpha value is -1.06. The van der Waals surface area contributed by atoms with Crippen LogP contribution in [0.5, 0.6) is 0 Å². The Morgan fingerprint density at radius 1 is 1.05 bits per heavy atom. The van der Waals surface area contributed by atoms with Crippen LogP contribution < -0.4 is 5.32 Å². The number of hydrogen-bond acceptors (Lipinski definition) is 3. The Labute approximate surface area is 117 Å². The summed E-state index contributed by atoms with van der Waals surface area (Å²) >= 11 is 0. The molecule has 0 rings (SSSR count). The third-order valence-electron chi connectivity index (χ3n) is 3.35. The van der Waals surface area contributed by atoms with Gasteiger partial charge in [0, 0.05) is 5.92 Å². The standard InChI is InChI=1S/C15H29NO3/c1-5-7-9-11-13(10-8-6-2)14(17)16-12(3)15(18)19-4/h12-13H,5-11H2,1-4H3,(H,16,17). The maximum atomic E-state index is 12.2. The molecule has 0 heterocycles. The molecular formula is C15H29NO3. The number of nitrogens with one attached hydrogen (secondary N) is 1. The molecule has 112 valence electrons. The second kappa shape index (κ2) is 10.8. The van der Waals surface area contributed by atoms with E-state index in [4.69, 9.17) is 0 Å². The number of hydrogen-bond donors (Lipinski definition) is 1. The molecule has 1 amide bonds. The molecule has 0 aromatic rings. The van der Waals surface area contributed by atoms with Gasteiger partial charge in [0.2, 0.25) is 5.91 Å². The topological polar surface area (TPSA) is 55.4 Å². The molecule has 0 saturated heterocycles. The number of esters is 1. The average molecular weight is 271 g/mol. The van der Waals surface area contributed by atoms with E-state index < -0.39 is 12.0 Å². The fourth-order valence-corrected chi connectivity index (χ4v) is 2.06. The van der Waals surface area contributed by atoms with Crippen molar-refractivity contribution in [2.24, 2.45) is 5.92 Å². The largest absolute Gasteiger partial charge is 0.467 e. The quantitative estimate of drug-likeness (QED) is 0.491. The summed E-state index contributed by atoms with van der Waals surface area (Å²) in [7, 11) is 1.33. The number of carbonyl (C=O) groups excluding carboxylic acids is 2. The van der Waals surface area contributed by atoms with Crippen molar-refractivity contribution in [2.75, 3.05) is 7.11 Å². The van der Waals surface area contributed by atoms with Gasteiger partial charge in [-0.25, -0.2) is 4.79 Å². The molecule has 2 atom stereocenters. The molecule has 0 radical (unpaired) electrons. The van der Waals surface area contributed by atoms with Crippen LogP contribution in [0.1, 0.15) is 65.7 Å². The van der Waals surface area contributed by atoms with Crippen LogP contribution in [0.15, 0.2) is 0 Å². The molecule has 4 nitrogen and oxygen atoms in total. The zero-order valence-corrected chi connectivity index (χ0v) is 12.8. The second-order valence-electron chi connectivity index (χ2n) is 5.09. The lowest BCUT2D eigenvalue weighted by Crippen LogP contribution is -2.42. The van der Waals surface area contributed by atoms with Crippen molar-refractivity contribution in [1.82, 2.24) is 5.32 Å². The van der Waals surface area contributed by atoms with E-state index in [-0.39, 0.29) is 11.8 Å². The molecule has 0 aromatic heterocycles. The monoisotopic (exact) mass is 271 g/mol. The summed E-state index contributed by atoms with van der Waals surface area (Å²) in [6, 6.07) is -0.562. The highest BCUT2D eigenvalue weighted by atomic mass is 16.5. The Balaban J connectivity index is 4.30. The fourth-order valence-electron chi connectivity index (χ4n) is 2.06. The van der Waals surface area contributed by atoms with E-state index in [0.717, 1.165) is 44.9 Å². The Morgan fingerprint density at radius 3 is 2.16 bits per heavy atom. The highest BCUT2D eigenvalue weighted by Gasteiger charge is 2.22. The van der Waals surface area contributed by atoms with Crippen molar-refractivity contribution in [3.05, 3.63) is 0 Å². The van der Waals surface area contributed by atoms with Gasteiger partial charge in [0.15, 0.2) is 0 Å². The molecule has 0 fully saturated rings. The normalized spacial score (nSPS) is 13.7. The minimum absolute atomic E-state index is 0.0116. The number of methoxy groups -OCH3 is 1. The van der Waals surface area contributed by atoms with Crippen LogP contribution in [0.25, 0.3) is 0 Å². The van der Waals surface area contributed by atoms with Crippen LogP contribution in [-0.4, -0.2) is 25.0 Å². The number of rotatable bonds is 10. The van der Waals surface area contributed by atoms with Crippen LogP contribution in [0.3, 0.4) is 0 Å². The van der Waals surface area contributed by atoms with E-state index in [2.05, 4.69) is 23.9 Å². The molecule has 0 spiro atoms. The number of ether oxygens (including phenoxy) is 1. The Kier molecular flexibility index (Phi) is 10.2. The molecule has 0 aliphatic rings. The molecule has 0 saturated carbocycles. The van der Waals surface area contributed by atoms with E-state index in [1.807, 2.05) is 0 Å². The Morgan fingerprint density at radius 2 is 1.63 bits per heavy atom. The van der Waals surface area contributed by atoms with E-state index >= 15 is 0 Å². The third-order valence-corrected chi connectivity index (χ3v) is 3.35.